The summed E-state index contributed by atoms with van der Waals surface area (Å²) in [5, 5.41) is 16.4. The van der Waals surface area contributed by atoms with Gasteiger partial charge < -0.3 is 15.9 Å². The van der Waals surface area contributed by atoms with Gasteiger partial charge in [0.25, 0.3) is 0 Å². The largest absolute Gasteiger partial charge is 0.479 e. The molecule has 0 aromatic carbocycles. The molecule has 0 saturated heterocycles. The highest BCUT2D eigenvalue weighted by Crippen LogP contribution is 1.88. The van der Waals surface area contributed by atoms with Gasteiger partial charge in [0, 0.05) is 0 Å². The van der Waals surface area contributed by atoms with Crippen molar-refractivity contribution in [3.8, 4) is 0 Å². The van der Waals surface area contributed by atoms with Gasteiger partial charge in [0.2, 0.25) is 5.91 Å². The van der Waals surface area contributed by atoms with Gasteiger partial charge in [-0.15, -0.1) is 0 Å². The zero-order valence-electron chi connectivity index (χ0n) is 4.57. The first-order valence-electron chi connectivity index (χ1n) is 2.23. The lowest BCUT2D eigenvalue weighted by molar-refractivity contribution is -0.148. The van der Waals surface area contributed by atoms with Crippen LogP contribution >= 0.6 is 0 Å². The third-order valence-corrected chi connectivity index (χ3v) is 0.680. The van der Waals surface area contributed by atoms with Crippen molar-refractivity contribution in [1.29, 1.82) is 0 Å². The molecule has 1 amide bonds. The molecule has 52 valence electrons. The van der Waals surface area contributed by atoms with Crippen molar-refractivity contribution in [3.63, 3.8) is 0 Å². The highest BCUT2D eigenvalue weighted by atomic mass is 16.4. The Morgan fingerprint density at radius 3 is 2.11 bits per heavy atom. The van der Waals surface area contributed by atoms with Crippen LogP contribution in [0.15, 0.2) is 0 Å². The number of aliphatic hydroxyl groups is 1. The summed E-state index contributed by atoms with van der Waals surface area (Å²) in [6.45, 7) is 0. The Labute approximate surface area is 51.1 Å². The van der Waals surface area contributed by atoms with Crippen LogP contribution in [0.1, 0.15) is 6.42 Å². The van der Waals surface area contributed by atoms with E-state index in [9.17, 15) is 9.59 Å². The van der Waals surface area contributed by atoms with E-state index in [1.165, 1.54) is 0 Å². The standard InChI is InChI=1S/C4H7NO4/c5-3(7)1-2(6)4(8)9/h2,6H,1H2,(H2,5,7)(H,8,9)/t2-/m1/s1. The van der Waals surface area contributed by atoms with E-state index in [0.29, 0.717) is 0 Å². The number of hydrogen-bond donors (Lipinski definition) is 3. The Morgan fingerprint density at radius 1 is 1.56 bits per heavy atom. The minimum Gasteiger partial charge on any atom is -0.479 e. The molecule has 0 aromatic rings. The molecule has 9 heavy (non-hydrogen) atoms. The highest BCUT2D eigenvalue weighted by molar-refractivity contribution is 5.82. The Bertz CT molecular complexity index is 133. The summed E-state index contributed by atoms with van der Waals surface area (Å²) < 4.78 is 0. The molecule has 0 bridgehead atoms. The van der Waals surface area contributed by atoms with Crippen LogP contribution in [0.4, 0.5) is 0 Å². The van der Waals surface area contributed by atoms with Crippen molar-refractivity contribution < 1.29 is 19.8 Å². The number of carboxylic acids is 1. The van der Waals surface area contributed by atoms with Gasteiger partial charge in [0.1, 0.15) is 0 Å². The summed E-state index contributed by atoms with van der Waals surface area (Å²) in [6, 6.07) is 0. The number of carbonyl (C=O) groups excluding carboxylic acids is 1. The van der Waals surface area contributed by atoms with Gasteiger partial charge in [-0.2, -0.15) is 0 Å². The SMILES string of the molecule is NC(=O)C[C@@H](O)C(=O)O. The van der Waals surface area contributed by atoms with Crippen LogP contribution in [0, 0.1) is 0 Å². The van der Waals surface area contributed by atoms with Crippen molar-refractivity contribution in [2.24, 2.45) is 5.73 Å². The summed E-state index contributed by atoms with van der Waals surface area (Å²) in [6.07, 6.45) is -2.20. The third kappa shape index (κ3) is 3.48. The van der Waals surface area contributed by atoms with E-state index in [0.717, 1.165) is 0 Å². The van der Waals surface area contributed by atoms with E-state index >= 15 is 0 Å². The fourth-order valence-electron chi connectivity index (χ4n) is 0.278. The van der Waals surface area contributed by atoms with Crippen LogP contribution in [0.3, 0.4) is 0 Å². The molecule has 0 unspecified atom stereocenters. The van der Waals surface area contributed by atoms with E-state index < -0.39 is 24.4 Å². The molecule has 0 heterocycles. The quantitative estimate of drug-likeness (QED) is 0.427. The minimum absolute atomic E-state index is 0.532. The zero-order valence-corrected chi connectivity index (χ0v) is 4.57. The Kier molecular flexibility index (Phi) is 2.66. The molecule has 0 aromatic heterocycles. The summed E-state index contributed by atoms with van der Waals surface area (Å²) in [5.74, 6) is -2.27. The zero-order chi connectivity index (χ0) is 7.44. The normalized spacial score (nSPS) is 12.6. The van der Waals surface area contributed by atoms with Crippen molar-refractivity contribution in [2.45, 2.75) is 12.5 Å². The van der Waals surface area contributed by atoms with Crippen LogP contribution in [-0.4, -0.2) is 28.2 Å². The molecule has 0 saturated carbocycles. The number of aliphatic carboxylic acids is 1. The monoisotopic (exact) mass is 133 g/mol. The molecular weight excluding hydrogens is 126 g/mol. The highest BCUT2D eigenvalue weighted by Gasteiger charge is 2.14. The van der Waals surface area contributed by atoms with E-state index in [2.05, 4.69) is 5.73 Å². The maximum absolute atomic E-state index is 9.91. The Morgan fingerprint density at radius 2 is 2.00 bits per heavy atom. The average molecular weight is 133 g/mol. The third-order valence-electron chi connectivity index (χ3n) is 0.680. The first-order chi connectivity index (χ1) is 4.04. The number of aliphatic hydroxyl groups excluding tert-OH is 1. The number of hydrogen-bond acceptors (Lipinski definition) is 3. The molecule has 0 fully saturated rings. The second-order valence-corrected chi connectivity index (χ2v) is 1.52. The lowest BCUT2D eigenvalue weighted by Crippen LogP contribution is -2.26. The lowest BCUT2D eigenvalue weighted by Gasteiger charge is -1.98. The summed E-state index contributed by atoms with van der Waals surface area (Å²) in [5.41, 5.74) is 4.57. The molecule has 0 radical (unpaired) electrons. The van der Waals surface area contributed by atoms with Gasteiger partial charge in [-0.3, -0.25) is 4.79 Å². The first-order valence-corrected chi connectivity index (χ1v) is 2.23. The number of carboxylic acid groups (broad SMARTS) is 1. The van der Waals surface area contributed by atoms with Crippen LogP contribution in [0.5, 0.6) is 0 Å². The molecule has 1 atom stereocenters. The number of primary amides is 1. The number of amides is 1. The Hall–Kier alpha value is -1.10. The maximum atomic E-state index is 9.91. The maximum Gasteiger partial charge on any atom is 0.333 e. The summed E-state index contributed by atoms with van der Waals surface area (Å²) >= 11 is 0. The predicted molar refractivity (Wildman–Crippen MR) is 27.5 cm³/mol. The molecule has 5 heteroatoms. The molecule has 0 aliphatic heterocycles. The molecule has 0 aliphatic carbocycles. The van der Waals surface area contributed by atoms with Gasteiger partial charge in [0.15, 0.2) is 6.10 Å². The minimum atomic E-state index is -1.66. The first kappa shape index (κ1) is 7.90. The lowest BCUT2D eigenvalue weighted by atomic mass is 10.2. The summed E-state index contributed by atoms with van der Waals surface area (Å²) in [7, 11) is 0. The van der Waals surface area contributed by atoms with Crippen molar-refractivity contribution in [3.05, 3.63) is 0 Å². The van der Waals surface area contributed by atoms with Crippen molar-refractivity contribution in [2.75, 3.05) is 0 Å². The molecule has 5 nitrogen and oxygen atoms in total. The van der Waals surface area contributed by atoms with Crippen LogP contribution in [0.25, 0.3) is 0 Å². The fraction of sp³-hybridized carbons (Fsp3) is 0.500. The van der Waals surface area contributed by atoms with Crippen molar-refractivity contribution >= 4 is 11.9 Å². The molecule has 0 aliphatic rings. The van der Waals surface area contributed by atoms with Gasteiger partial charge in [0.05, 0.1) is 6.42 Å². The molecular formula is C4H7NO4. The molecule has 4 N–H and O–H groups in total. The van der Waals surface area contributed by atoms with Gasteiger partial charge in [-0.25, -0.2) is 4.79 Å². The second kappa shape index (κ2) is 3.03. The number of nitrogens with two attached hydrogens (primary N) is 1. The van der Waals surface area contributed by atoms with Crippen LogP contribution in [-0.2, 0) is 9.59 Å². The smallest absolute Gasteiger partial charge is 0.333 e. The van der Waals surface area contributed by atoms with E-state index in [-0.39, 0.29) is 0 Å². The molecule has 0 rings (SSSR count). The predicted octanol–water partition coefficient (Wildman–Crippen LogP) is -1.69. The topological polar surface area (TPSA) is 101 Å². The van der Waals surface area contributed by atoms with Gasteiger partial charge in [-0.1, -0.05) is 0 Å². The van der Waals surface area contributed by atoms with Gasteiger partial charge >= 0.3 is 5.97 Å². The van der Waals surface area contributed by atoms with Crippen molar-refractivity contribution in [1.82, 2.24) is 0 Å². The van der Waals surface area contributed by atoms with E-state index in [4.69, 9.17) is 10.2 Å². The van der Waals surface area contributed by atoms with E-state index in [1.807, 2.05) is 0 Å². The Balaban J connectivity index is 3.63. The fourth-order valence-corrected chi connectivity index (χ4v) is 0.278. The van der Waals surface area contributed by atoms with Crippen LogP contribution < -0.4 is 5.73 Å². The number of rotatable bonds is 3. The van der Waals surface area contributed by atoms with Gasteiger partial charge in [-0.05, 0) is 0 Å². The van der Waals surface area contributed by atoms with Crippen LogP contribution in [0.2, 0.25) is 0 Å². The summed E-state index contributed by atoms with van der Waals surface area (Å²) in [4.78, 5) is 19.7. The second-order valence-electron chi connectivity index (χ2n) is 1.52. The number of carbonyl (C=O) groups is 2. The molecule has 0 spiro atoms. The average Bonchev–Trinajstić information content (AvgIpc) is 1.63. The van der Waals surface area contributed by atoms with E-state index in [1.54, 1.807) is 0 Å².